The Labute approximate surface area is 121 Å². The molecule has 1 aromatic heterocycles. The van der Waals surface area contributed by atoms with E-state index in [1.807, 2.05) is 0 Å². The first-order valence-corrected chi connectivity index (χ1v) is 7.41. The van der Waals surface area contributed by atoms with E-state index in [1.165, 1.54) is 5.56 Å². The van der Waals surface area contributed by atoms with Gasteiger partial charge in [0.1, 0.15) is 6.33 Å². The van der Waals surface area contributed by atoms with Crippen LogP contribution in [0.1, 0.15) is 43.3 Å². The van der Waals surface area contributed by atoms with Crippen molar-refractivity contribution in [2.45, 2.75) is 39.2 Å². The minimum atomic E-state index is 0.316. The SMILES string of the molecule is CCCNC(Cc1cc(CC)ncn1)c1ccccc1. The first kappa shape index (κ1) is 14.7. The Hall–Kier alpha value is -1.74. The largest absolute Gasteiger partial charge is 0.310 e. The number of nitrogens with one attached hydrogen (secondary N) is 1. The molecule has 0 radical (unpaired) electrons. The summed E-state index contributed by atoms with van der Waals surface area (Å²) in [6.07, 6.45) is 4.66. The van der Waals surface area contributed by atoms with E-state index in [9.17, 15) is 0 Å². The molecule has 1 unspecified atom stereocenters. The molecule has 2 rings (SSSR count). The van der Waals surface area contributed by atoms with Gasteiger partial charge in [-0.25, -0.2) is 9.97 Å². The lowest BCUT2D eigenvalue weighted by Crippen LogP contribution is -2.24. The van der Waals surface area contributed by atoms with Crippen molar-refractivity contribution in [3.63, 3.8) is 0 Å². The molecule has 0 aliphatic carbocycles. The van der Waals surface area contributed by atoms with Gasteiger partial charge in [0.2, 0.25) is 0 Å². The Morgan fingerprint density at radius 3 is 2.50 bits per heavy atom. The van der Waals surface area contributed by atoms with Crippen LogP contribution in [0.15, 0.2) is 42.7 Å². The molecular weight excluding hydrogens is 246 g/mol. The summed E-state index contributed by atoms with van der Waals surface area (Å²) in [5.74, 6) is 0. The maximum Gasteiger partial charge on any atom is 0.115 e. The maximum absolute atomic E-state index is 4.41. The number of hydrogen-bond donors (Lipinski definition) is 1. The molecule has 0 fully saturated rings. The lowest BCUT2D eigenvalue weighted by Gasteiger charge is -2.18. The van der Waals surface area contributed by atoms with Crippen LogP contribution in [0.3, 0.4) is 0 Å². The fourth-order valence-electron chi connectivity index (χ4n) is 2.27. The van der Waals surface area contributed by atoms with E-state index in [0.29, 0.717) is 6.04 Å². The van der Waals surface area contributed by atoms with Crippen molar-refractivity contribution >= 4 is 0 Å². The van der Waals surface area contributed by atoms with Gasteiger partial charge in [0, 0.05) is 23.9 Å². The zero-order chi connectivity index (χ0) is 14.2. The highest BCUT2D eigenvalue weighted by molar-refractivity contribution is 5.21. The monoisotopic (exact) mass is 269 g/mol. The molecule has 2 aromatic rings. The molecule has 0 aliphatic rings. The van der Waals surface area contributed by atoms with Gasteiger partial charge in [-0.05, 0) is 31.0 Å². The van der Waals surface area contributed by atoms with Crippen LogP contribution in [0.5, 0.6) is 0 Å². The van der Waals surface area contributed by atoms with Crippen LogP contribution in [-0.4, -0.2) is 16.5 Å². The van der Waals surface area contributed by atoms with E-state index in [0.717, 1.165) is 37.2 Å². The number of benzene rings is 1. The third kappa shape index (κ3) is 4.14. The van der Waals surface area contributed by atoms with Gasteiger partial charge in [0.15, 0.2) is 0 Å². The van der Waals surface area contributed by atoms with E-state index in [1.54, 1.807) is 6.33 Å². The fraction of sp³-hybridized carbons (Fsp3) is 0.412. The van der Waals surface area contributed by atoms with Gasteiger partial charge >= 0.3 is 0 Å². The number of hydrogen-bond acceptors (Lipinski definition) is 3. The predicted octanol–water partition coefficient (Wildman–Crippen LogP) is 3.32. The van der Waals surface area contributed by atoms with Gasteiger partial charge in [-0.3, -0.25) is 0 Å². The van der Waals surface area contributed by atoms with Gasteiger partial charge < -0.3 is 5.32 Å². The quantitative estimate of drug-likeness (QED) is 0.838. The molecule has 1 atom stereocenters. The summed E-state index contributed by atoms with van der Waals surface area (Å²) in [7, 11) is 0. The summed E-state index contributed by atoms with van der Waals surface area (Å²) in [6, 6.07) is 13.0. The van der Waals surface area contributed by atoms with E-state index in [-0.39, 0.29) is 0 Å². The minimum Gasteiger partial charge on any atom is -0.310 e. The maximum atomic E-state index is 4.41. The van der Waals surface area contributed by atoms with Gasteiger partial charge in [-0.15, -0.1) is 0 Å². The molecule has 1 heterocycles. The third-order valence-corrected chi connectivity index (χ3v) is 3.40. The Morgan fingerprint density at radius 2 is 1.80 bits per heavy atom. The van der Waals surface area contributed by atoms with E-state index >= 15 is 0 Å². The second kappa shape index (κ2) is 7.75. The molecule has 0 saturated carbocycles. The standard InChI is InChI=1S/C17H23N3/c1-3-10-18-17(14-8-6-5-7-9-14)12-16-11-15(4-2)19-13-20-16/h5-9,11,13,17-18H,3-4,10,12H2,1-2H3. The van der Waals surface area contributed by atoms with E-state index in [2.05, 4.69) is 65.5 Å². The lowest BCUT2D eigenvalue weighted by molar-refractivity contribution is 0.523. The topological polar surface area (TPSA) is 37.8 Å². The summed E-state index contributed by atoms with van der Waals surface area (Å²) in [5, 5.41) is 3.61. The van der Waals surface area contributed by atoms with Crippen LogP contribution in [0.4, 0.5) is 0 Å². The average Bonchev–Trinajstić information content (AvgIpc) is 2.52. The second-order valence-corrected chi connectivity index (χ2v) is 4.98. The highest BCUT2D eigenvalue weighted by Crippen LogP contribution is 2.17. The summed E-state index contributed by atoms with van der Waals surface area (Å²) in [4.78, 5) is 8.68. The minimum absolute atomic E-state index is 0.316. The van der Waals surface area contributed by atoms with Gasteiger partial charge in [0.05, 0.1) is 0 Å². The summed E-state index contributed by atoms with van der Waals surface area (Å²) < 4.78 is 0. The zero-order valence-corrected chi connectivity index (χ0v) is 12.3. The molecule has 3 heteroatoms. The molecule has 1 aromatic carbocycles. The number of aromatic nitrogens is 2. The number of aryl methyl sites for hydroxylation is 1. The second-order valence-electron chi connectivity index (χ2n) is 4.98. The molecule has 0 saturated heterocycles. The van der Waals surface area contributed by atoms with Crippen molar-refractivity contribution in [1.82, 2.24) is 15.3 Å². The summed E-state index contributed by atoms with van der Waals surface area (Å²) >= 11 is 0. The van der Waals surface area contributed by atoms with E-state index in [4.69, 9.17) is 0 Å². The molecule has 3 nitrogen and oxygen atoms in total. The molecule has 0 spiro atoms. The highest BCUT2D eigenvalue weighted by atomic mass is 14.9. The Bertz CT molecular complexity index is 511. The third-order valence-electron chi connectivity index (χ3n) is 3.40. The molecule has 106 valence electrons. The summed E-state index contributed by atoms with van der Waals surface area (Å²) in [5.41, 5.74) is 3.53. The highest BCUT2D eigenvalue weighted by Gasteiger charge is 2.12. The van der Waals surface area contributed by atoms with Crippen molar-refractivity contribution in [3.8, 4) is 0 Å². The molecule has 0 bridgehead atoms. The molecule has 20 heavy (non-hydrogen) atoms. The van der Waals surface area contributed by atoms with Crippen molar-refractivity contribution in [2.24, 2.45) is 0 Å². The van der Waals surface area contributed by atoms with Crippen LogP contribution < -0.4 is 5.32 Å². The Morgan fingerprint density at radius 1 is 1.05 bits per heavy atom. The number of nitrogens with zero attached hydrogens (tertiary/aromatic N) is 2. The first-order chi connectivity index (χ1) is 9.83. The van der Waals surface area contributed by atoms with Gasteiger partial charge in [-0.1, -0.05) is 44.2 Å². The van der Waals surface area contributed by atoms with Crippen molar-refractivity contribution in [2.75, 3.05) is 6.54 Å². The molecule has 0 aliphatic heterocycles. The normalized spacial score (nSPS) is 12.3. The lowest BCUT2D eigenvalue weighted by atomic mass is 10.0. The van der Waals surface area contributed by atoms with Crippen LogP contribution >= 0.6 is 0 Å². The van der Waals surface area contributed by atoms with E-state index < -0.39 is 0 Å². The smallest absolute Gasteiger partial charge is 0.115 e. The predicted molar refractivity (Wildman–Crippen MR) is 82.6 cm³/mol. The molecule has 1 N–H and O–H groups in total. The Balaban J connectivity index is 2.14. The Kier molecular flexibility index (Phi) is 5.69. The fourth-order valence-corrected chi connectivity index (χ4v) is 2.27. The zero-order valence-electron chi connectivity index (χ0n) is 12.3. The first-order valence-electron chi connectivity index (χ1n) is 7.41. The van der Waals surface area contributed by atoms with Crippen LogP contribution in [-0.2, 0) is 12.8 Å². The molecule has 0 amide bonds. The van der Waals surface area contributed by atoms with Crippen LogP contribution in [0.25, 0.3) is 0 Å². The number of rotatable bonds is 7. The average molecular weight is 269 g/mol. The van der Waals surface area contributed by atoms with Gasteiger partial charge in [-0.2, -0.15) is 0 Å². The van der Waals surface area contributed by atoms with Crippen molar-refractivity contribution in [3.05, 3.63) is 59.7 Å². The molecular formula is C17H23N3. The van der Waals surface area contributed by atoms with Crippen molar-refractivity contribution < 1.29 is 0 Å². The van der Waals surface area contributed by atoms with Crippen LogP contribution in [0, 0.1) is 0 Å². The van der Waals surface area contributed by atoms with Crippen molar-refractivity contribution in [1.29, 1.82) is 0 Å². The summed E-state index contributed by atoms with van der Waals surface area (Å²) in [6.45, 7) is 5.33. The van der Waals surface area contributed by atoms with Gasteiger partial charge in [0.25, 0.3) is 0 Å². The van der Waals surface area contributed by atoms with Crippen LogP contribution in [0.2, 0.25) is 0 Å².